The quantitative estimate of drug-likeness (QED) is 0.745. The summed E-state index contributed by atoms with van der Waals surface area (Å²) < 4.78 is 0. The topological polar surface area (TPSA) is 46.0 Å². The van der Waals surface area contributed by atoms with Crippen molar-refractivity contribution in [2.24, 2.45) is 0 Å². The van der Waals surface area contributed by atoms with Crippen LogP contribution in [0.1, 0.15) is 50.9 Å². The van der Waals surface area contributed by atoms with Crippen molar-refractivity contribution in [3.8, 4) is 0 Å². The molecule has 0 aromatic carbocycles. The minimum Gasteiger partial charge on any atom is -0.389 e. The summed E-state index contributed by atoms with van der Waals surface area (Å²) in [4.78, 5) is 8.66. The molecule has 78 valence electrons. The third-order valence-electron chi connectivity index (χ3n) is 2.14. The first-order valence-electron chi connectivity index (χ1n) is 4.84. The van der Waals surface area contributed by atoms with Crippen LogP contribution in [0.25, 0.3) is 0 Å². The molecule has 0 aliphatic carbocycles. The van der Waals surface area contributed by atoms with Gasteiger partial charge in [0.05, 0.1) is 6.10 Å². The van der Waals surface area contributed by atoms with Gasteiger partial charge in [-0.05, 0) is 13.8 Å². The second-order valence-corrected chi connectivity index (χ2v) is 4.66. The lowest BCUT2D eigenvalue weighted by atomic mass is 9.95. The molecule has 0 spiro atoms. The lowest BCUT2D eigenvalue weighted by Crippen LogP contribution is -2.17. The van der Waals surface area contributed by atoms with Crippen molar-refractivity contribution in [1.82, 2.24) is 9.97 Å². The molecule has 0 saturated heterocycles. The van der Waals surface area contributed by atoms with Crippen LogP contribution in [0.4, 0.5) is 0 Å². The van der Waals surface area contributed by atoms with E-state index in [1.165, 1.54) is 0 Å². The fourth-order valence-electron chi connectivity index (χ4n) is 1.25. The number of hydrogen-bond acceptors (Lipinski definition) is 3. The SMILES string of the molecule is Cc1nc(C(C)(C)C)ncc1[C@@H](C)O. The van der Waals surface area contributed by atoms with Crippen molar-refractivity contribution in [3.05, 3.63) is 23.3 Å². The fourth-order valence-corrected chi connectivity index (χ4v) is 1.25. The monoisotopic (exact) mass is 194 g/mol. The van der Waals surface area contributed by atoms with Crippen LogP contribution in [0.2, 0.25) is 0 Å². The summed E-state index contributed by atoms with van der Waals surface area (Å²) >= 11 is 0. The zero-order chi connectivity index (χ0) is 10.9. The Morgan fingerprint density at radius 3 is 2.29 bits per heavy atom. The summed E-state index contributed by atoms with van der Waals surface area (Å²) in [5.74, 6) is 0.819. The molecule has 1 N–H and O–H groups in total. The second-order valence-electron chi connectivity index (χ2n) is 4.66. The molecule has 3 heteroatoms. The number of aromatic nitrogens is 2. The highest BCUT2D eigenvalue weighted by atomic mass is 16.3. The molecule has 0 saturated carbocycles. The van der Waals surface area contributed by atoms with E-state index in [4.69, 9.17) is 0 Å². The van der Waals surface area contributed by atoms with Crippen LogP contribution < -0.4 is 0 Å². The van der Waals surface area contributed by atoms with Crippen LogP contribution in [-0.2, 0) is 5.41 Å². The maximum atomic E-state index is 9.42. The van der Waals surface area contributed by atoms with Crippen molar-refractivity contribution in [2.45, 2.75) is 46.1 Å². The van der Waals surface area contributed by atoms with E-state index in [1.807, 2.05) is 6.92 Å². The van der Waals surface area contributed by atoms with Crippen molar-refractivity contribution in [1.29, 1.82) is 0 Å². The molecule has 0 amide bonds. The molecule has 14 heavy (non-hydrogen) atoms. The minimum absolute atomic E-state index is 0.0397. The van der Waals surface area contributed by atoms with Gasteiger partial charge < -0.3 is 5.11 Å². The van der Waals surface area contributed by atoms with Gasteiger partial charge in [0.25, 0.3) is 0 Å². The summed E-state index contributed by atoms with van der Waals surface area (Å²) in [5, 5.41) is 9.42. The van der Waals surface area contributed by atoms with Gasteiger partial charge in [-0.1, -0.05) is 20.8 Å². The van der Waals surface area contributed by atoms with E-state index >= 15 is 0 Å². The van der Waals surface area contributed by atoms with E-state index in [0.29, 0.717) is 0 Å². The standard InChI is InChI=1S/C11H18N2O/c1-7-9(8(2)14)6-12-10(13-7)11(3,4)5/h6,8,14H,1-5H3/t8-/m1/s1. The van der Waals surface area contributed by atoms with Crippen molar-refractivity contribution in [2.75, 3.05) is 0 Å². The van der Waals surface area contributed by atoms with Crippen LogP contribution >= 0.6 is 0 Å². The maximum Gasteiger partial charge on any atom is 0.133 e. The molecule has 0 bridgehead atoms. The number of hydrogen-bond donors (Lipinski definition) is 1. The van der Waals surface area contributed by atoms with Gasteiger partial charge in [-0.15, -0.1) is 0 Å². The van der Waals surface area contributed by atoms with E-state index in [-0.39, 0.29) is 5.41 Å². The molecule has 0 radical (unpaired) electrons. The van der Waals surface area contributed by atoms with Gasteiger partial charge in [0.2, 0.25) is 0 Å². The molecule has 1 aromatic rings. The lowest BCUT2D eigenvalue weighted by molar-refractivity contribution is 0.197. The van der Waals surface area contributed by atoms with Gasteiger partial charge in [0.15, 0.2) is 0 Å². The van der Waals surface area contributed by atoms with Gasteiger partial charge >= 0.3 is 0 Å². The number of aliphatic hydroxyl groups is 1. The Labute approximate surface area is 85.2 Å². The van der Waals surface area contributed by atoms with Gasteiger partial charge in [-0.3, -0.25) is 0 Å². The first kappa shape index (κ1) is 11.1. The molecule has 0 unspecified atom stereocenters. The number of aryl methyl sites for hydroxylation is 1. The predicted octanol–water partition coefficient (Wildman–Crippen LogP) is 2.14. The Morgan fingerprint density at radius 1 is 1.36 bits per heavy atom. The number of rotatable bonds is 1. The third kappa shape index (κ3) is 2.29. The third-order valence-corrected chi connectivity index (χ3v) is 2.14. The number of nitrogens with zero attached hydrogens (tertiary/aromatic N) is 2. The first-order valence-corrected chi connectivity index (χ1v) is 4.84. The van der Waals surface area contributed by atoms with Crippen LogP contribution in [0, 0.1) is 6.92 Å². The normalized spacial score (nSPS) is 14.1. The zero-order valence-electron chi connectivity index (χ0n) is 9.50. The molecule has 1 aromatic heterocycles. The number of aliphatic hydroxyl groups excluding tert-OH is 1. The van der Waals surface area contributed by atoms with Crippen LogP contribution in [0.5, 0.6) is 0 Å². The average molecular weight is 194 g/mol. The van der Waals surface area contributed by atoms with E-state index in [9.17, 15) is 5.11 Å². The van der Waals surface area contributed by atoms with Gasteiger partial charge in [0.1, 0.15) is 5.82 Å². The predicted molar refractivity (Wildman–Crippen MR) is 56.1 cm³/mol. The Kier molecular flexibility index (Phi) is 2.90. The molecular weight excluding hydrogens is 176 g/mol. The van der Waals surface area contributed by atoms with Crippen molar-refractivity contribution >= 4 is 0 Å². The van der Waals surface area contributed by atoms with Gasteiger partial charge in [-0.25, -0.2) is 9.97 Å². The van der Waals surface area contributed by atoms with Crippen LogP contribution in [-0.4, -0.2) is 15.1 Å². The molecular formula is C11H18N2O. The summed E-state index contributed by atoms with van der Waals surface area (Å²) in [6.07, 6.45) is 1.22. The van der Waals surface area contributed by atoms with E-state index in [1.54, 1.807) is 13.1 Å². The van der Waals surface area contributed by atoms with Crippen LogP contribution in [0.15, 0.2) is 6.20 Å². The summed E-state index contributed by atoms with van der Waals surface area (Å²) in [5.41, 5.74) is 1.63. The fraction of sp³-hybridized carbons (Fsp3) is 0.636. The molecule has 0 fully saturated rings. The Morgan fingerprint density at radius 2 is 1.93 bits per heavy atom. The van der Waals surface area contributed by atoms with E-state index in [2.05, 4.69) is 30.7 Å². The first-order chi connectivity index (χ1) is 6.32. The zero-order valence-corrected chi connectivity index (χ0v) is 9.50. The van der Waals surface area contributed by atoms with Crippen molar-refractivity contribution in [3.63, 3.8) is 0 Å². The van der Waals surface area contributed by atoms with E-state index in [0.717, 1.165) is 17.1 Å². The highest BCUT2D eigenvalue weighted by molar-refractivity contribution is 5.20. The highest BCUT2D eigenvalue weighted by Gasteiger charge is 2.18. The van der Waals surface area contributed by atoms with Gasteiger partial charge in [0, 0.05) is 22.9 Å². The molecule has 1 atom stereocenters. The maximum absolute atomic E-state index is 9.42. The summed E-state index contributed by atoms with van der Waals surface area (Å²) in [6.45, 7) is 9.85. The minimum atomic E-state index is -0.496. The Bertz CT molecular complexity index is 327. The smallest absolute Gasteiger partial charge is 0.133 e. The Hall–Kier alpha value is -0.960. The lowest BCUT2D eigenvalue weighted by Gasteiger charge is -2.18. The van der Waals surface area contributed by atoms with E-state index < -0.39 is 6.10 Å². The summed E-state index contributed by atoms with van der Waals surface area (Å²) in [6, 6.07) is 0. The van der Waals surface area contributed by atoms with Crippen molar-refractivity contribution < 1.29 is 5.11 Å². The second kappa shape index (κ2) is 3.65. The molecule has 3 nitrogen and oxygen atoms in total. The molecule has 1 heterocycles. The molecule has 0 aliphatic heterocycles. The van der Waals surface area contributed by atoms with Crippen LogP contribution in [0.3, 0.4) is 0 Å². The average Bonchev–Trinajstić information content (AvgIpc) is 2.01. The molecule has 1 rings (SSSR count). The van der Waals surface area contributed by atoms with Gasteiger partial charge in [-0.2, -0.15) is 0 Å². The Balaban J connectivity index is 3.13. The summed E-state index contributed by atoms with van der Waals surface area (Å²) in [7, 11) is 0. The highest BCUT2D eigenvalue weighted by Crippen LogP contribution is 2.21. The largest absolute Gasteiger partial charge is 0.389 e. The molecule has 0 aliphatic rings.